The number of rotatable bonds is 5. The van der Waals surface area contributed by atoms with Crippen molar-refractivity contribution in [3.05, 3.63) is 35.4 Å². The first kappa shape index (κ1) is 13.1. The fourth-order valence-corrected chi connectivity index (χ4v) is 2.99. The summed E-state index contributed by atoms with van der Waals surface area (Å²) < 4.78 is 5.82. The summed E-state index contributed by atoms with van der Waals surface area (Å²) >= 11 is 0. The van der Waals surface area contributed by atoms with Crippen LogP contribution in [0.25, 0.3) is 0 Å². The van der Waals surface area contributed by atoms with Crippen molar-refractivity contribution < 1.29 is 4.74 Å². The van der Waals surface area contributed by atoms with E-state index in [2.05, 4.69) is 36.5 Å². The van der Waals surface area contributed by atoms with Crippen LogP contribution in [-0.4, -0.2) is 19.3 Å². The Hall–Kier alpha value is -0.860. The Balaban J connectivity index is 1.59. The molecule has 1 aromatic rings. The largest absolute Gasteiger partial charge is 0.377 e. The molecule has 2 nitrogen and oxygen atoms in total. The van der Waals surface area contributed by atoms with Gasteiger partial charge in [-0.2, -0.15) is 0 Å². The molecule has 2 aliphatic rings. The van der Waals surface area contributed by atoms with Crippen molar-refractivity contribution in [2.45, 2.75) is 51.2 Å². The van der Waals surface area contributed by atoms with Gasteiger partial charge in [0.2, 0.25) is 0 Å². The Morgan fingerprint density at radius 3 is 2.58 bits per heavy atom. The quantitative estimate of drug-likeness (QED) is 0.872. The van der Waals surface area contributed by atoms with Crippen molar-refractivity contribution in [3.63, 3.8) is 0 Å². The minimum absolute atomic E-state index is 0.431. The molecule has 1 aromatic carbocycles. The number of nitrogens with one attached hydrogen (secondary N) is 1. The van der Waals surface area contributed by atoms with Gasteiger partial charge in [-0.3, -0.25) is 0 Å². The van der Waals surface area contributed by atoms with Gasteiger partial charge in [0.05, 0.1) is 6.10 Å². The Kier molecular flexibility index (Phi) is 4.19. The molecule has 3 rings (SSSR count). The summed E-state index contributed by atoms with van der Waals surface area (Å²) in [6, 6.07) is 9.55. The van der Waals surface area contributed by atoms with Crippen LogP contribution in [0.3, 0.4) is 0 Å². The predicted octanol–water partition coefficient (Wildman–Crippen LogP) is 3.60. The Morgan fingerprint density at radius 2 is 1.95 bits per heavy atom. The van der Waals surface area contributed by atoms with Crippen LogP contribution in [-0.2, 0) is 4.74 Å². The van der Waals surface area contributed by atoms with E-state index in [0.717, 1.165) is 19.1 Å². The van der Waals surface area contributed by atoms with Gasteiger partial charge in [-0.15, -0.1) is 0 Å². The van der Waals surface area contributed by atoms with E-state index >= 15 is 0 Å². The Bertz CT molecular complexity index is 390. The van der Waals surface area contributed by atoms with Crippen LogP contribution >= 0.6 is 0 Å². The van der Waals surface area contributed by atoms with Crippen molar-refractivity contribution in [3.8, 4) is 0 Å². The summed E-state index contributed by atoms with van der Waals surface area (Å²) in [7, 11) is 0. The van der Waals surface area contributed by atoms with E-state index in [-0.39, 0.29) is 0 Å². The maximum Gasteiger partial charge on any atom is 0.0699 e. The van der Waals surface area contributed by atoms with Crippen molar-refractivity contribution in [2.24, 2.45) is 5.92 Å². The number of hydrogen-bond acceptors (Lipinski definition) is 2. The normalized spacial score (nSPS) is 25.2. The van der Waals surface area contributed by atoms with Gasteiger partial charge in [0.15, 0.2) is 0 Å². The lowest BCUT2D eigenvalue weighted by Gasteiger charge is -2.26. The van der Waals surface area contributed by atoms with Gasteiger partial charge in [0, 0.05) is 19.2 Å². The van der Waals surface area contributed by atoms with E-state index < -0.39 is 0 Å². The molecule has 0 amide bonds. The SMILES string of the molecule is Cc1ccc([C@H](NC[C@H]2CCCCO2)C2CC2)cc1. The minimum Gasteiger partial charge on any atom is -0.377 e. The lowest BCUT2D eigenvalue weighted by Crippen LogP contribution is -2.34. The van der Waals surface area contributed by atoms with Gasteiger partial charge in [0.1, 0.15) is 0 Å². The number of benzene rings is 1. The molecule has 0 unspecified atom stereocenters. The second kappa shape index (κ2) is 6.06. The van der Waals surface area contributed by atoms with E-state index in [1.54, 1.807) is 0 Å². The molecule has 1 saturated carbocycles. The highest BCUT2D eigenvalue weighted by Crippen LogP contribution is 2.41. The van der Waals surface area contributed by atoms with Gasteiger partial charge >= 0.3 is 0 Å². The molecule has 0 aromatic heterocycles. The lowest BCUT2D eigenvalue weighted by atomic mass is 10.0. The Morgan fingerprint density at radius 1 is 1.16 bits per heavy atom. The second-order valence-corrected chi connectivity index (χ2v) is 6.12. The zero-order chi connectivity index (χ0) is 13.1. The van der Waals surface area contributed by atoms with Gasteiger partial charge in [-0.1, -0.05) is 29.8 Å². The number of ether oxygens (including phenoxy) is 1. The molecular formula is C17H25NO. The van der Waals surface area contributed by atoms with Crippen LogP contribution < -0.4 is 5.32 Å². The summed E-state index contributed by atoms with van der Waals surface area (Å²) in [6.07, 6.45) is 6.96. The van der Waals surface area contributed by atoms with Crippen LogP contribution in [0.5, 0.6) is 0 Å². The number of hydrogen-bond donors (Lipinski definition) is 1. The van der Waals surface area contributed by atoms with Crippen molar-refractivity contribution in [1.82, 2.24) is 5.32 Å². The van der Waals surface area contributed by atoms with Crippen LogP contribution in [0, 0.1) is 12.8 Å². The average Bonchev–Trinajstić information content (AvgIpc) is 3.27. The summed E-state index contributed by atoms with van der Waals surface area (Å²) in [5.41, 5.74) is 2.79. The molecule has 0 spiro atoms. The van der Waals surface area contributed by atoms with Gasteiger partial charge < -0.3 is 10.1 Å². The predicted molar refractivity (Wildman–Crippen MR) is 78.2 cm³/mol. The zero-order valence-corrected chi connectivity index (χ0v) is 11.9. The molecule has 0 radical (unpaired) electrons. The Labute approximate surface area is 116 Å². The summed E-state index contributed by atoms with van der Waals surface area (Å²) in [5.74, 6) is 0.839. The highest BCUT2D eigenvalue weighted by atomic mass is 16.5. The third-order valence-corrected chi connectivity index (χ3v) is 4.37. The summed E-state index contributed by atoms with van der Waals surface area (Å²) in [6.45, 7) is 4.11. The summed E-state index contributed by atoms with van der Waals surface area (Å²) in [5, 5.41) is 3.76. The highest BCUT2D eigenvalue weighted by molar-refractivity contribution is 5.25. The topological polar surface area (TPSA) is 21.3 Å². The molecule has 1 aliphatic heterocycles. The number of aryl methyl sites for hydroxylation is 1. The first-order valence-corrected chi connectivity index (χ1v) is 7.74. The van der Waals surface area contributed by atoms with Crippen LogP contribution in [0.2, 0.25) is 0 Å². The van der Waals surface area contributed by atoms with Crippen molar-refractivity contribution in [1.29, 1.82) is 0 Å². The monoisotopic (exact) mass is 259 g/mol. The maximum absolute atomic E-state index is 5.82. The molecule has 1 aliphatic carbocycles. The van der Waals surface area contributed by atoms with E-state index in [4.69, 9.17) is 4.74 Å². The van der Waals surface area contributed by atoms with E-state index in [9.17, 15) is 0 Å². The first-order chi connectivity index (χ1) is 9.33. The lowest BCUT2D eigenvalue weighted by molar-refractivity contribution is 0.0149. The zero-order valence-electron chi connectivity index (χ0n) is 11.9. The van der Waals surface area contributed by atoms with Crippen molar-refractivity contribution >= 4 is 0 Å². The van der Waals surface area contributed by atoms with Gasteiger partial charge in [-0.05, 0) is 50.5 Å². The van der Waals surface area contributed by atoms with Gasteiger partial charge in [0.25, 0.3) is 0 Å². The highest BCUT2D eigenvalue weighted by Gasteiger charge is 2.32. The van der Waals surface area contributed by atoms with Crippen LogP contribution in [0.4, 0.5) is 0 Å². The molecule has 2 heteroatoms. The smallest absolute Gasteiger partial charge is 0.0699 e. The summed E-state index contributed by atoms with van der Waals surface area (Å²) in [4.78, 5) is 0. The van der Waals surface area contributed by atoms with Gasteiger partial charge in [-0.25, -0.2) is 0 Å². The molecule has 2 atom stereocenters. The molecule has 1 saturated heterocycles. The fraction of sp³-hybridized carbons (Fsp3) is 0.647. The van der Waals surface area contributed by atoms with E-state index in [0.29, 0.717) is 12.1 Å². The van der Waals surface area contributed by atoms with Crippen LogP contribution in [0.1, 0.15) is 49.3 Å². The molecule has 0 bridgehead atoms. The minimum atomic E-state index is 0.431. The molecular weight excluding hydrogens is 234 g/mol. The third kappa shape index (κ3) is 3.58. The molecule has 1 N–H and O–H groups in total. The second-order valence-electron chi connectivity index (χ2n) is 6.12. The van der Waals surface area contributed by atoms with Crippen LogP contribution in [0.15, 0.2) is 24.3 Å². The van der Waals surface area contributed by atoms with E-state index in [1.807, 2.05) is 0 Å². The van der Waals surface area contributed by atoms with Crippen molar-refractivity contribution in [2.75, 3.05) is 13.2 Å². The molecule has 104 valence electrons. The molecule has 1 heterocycles. The standard InChI is InChI=1S/C17H25NO/c1-13-5-7-14(8-6-13)17(15-9-10-15)18-12-16-4-2-3-11-19-16/h5-8,15-18H,2-4,9-12H2,1H3/t16-,17+/m1/s1. The molecule has 19 heavy (non-hydrogen) atoms. The molecule has 2 fully saturated rings. The maximum atomic E-state index is 5.82. The first-order valence-electron chi connectivity index (χ1n) is 7.74. The average molecular weight is 259 g/mol. The third-order valence-electron chi connectivity index (χ3n) is 4.37. The fourth-order valence-electron chi connectivity index (χ4n) is 2.99. The van der Waals surface area contributed by atoms with E-state index in [1.165, 1.54) is 43.2 Å².